The van der Waals surface area contributed by atoms with Crippen molar-refractivity contribution >= 4 is 6.16 Å². The van der Waals surface area contributed by atoms with Crippen molar-refractivity contribution in [1.82, 2.24) is 0 Å². The summed E-state index contributed by atoms with van der Waals surface area (Å²) in [4.78, 5) is 8.44. The van der Waals surface area contributed by atoms with Gasteiger partial charge in [-0.3, -0.25) is 0 Å². The Kier molecular flexibility index (Phi) is 138. The normalized spacial score (nSPS) is 2.60. The third-order valence-corrected chi connectivity index (χ3v) is 0. The van der Waals surface area contributed by atoms with Crippen molar-refractivity contribution in [2.45, 2.75) is 0 Å². The van der Waals surface area contributed by atoms with E-state index in [1.54, 1.807) is 0 Å². The molecular weight excluding hydrogens is 330 g/mol. The Morgan fingerprint density at radius 3 is 1.30 bits per heavy atom. The van der Waals surface area contributed by atoms with Gasteiger partial charge < -0.3 is 50.8 Å². The molecule has 0 radical (unpaired) electrons. The minimum absolute atomic E-state index is 0. The summed E-state index contributed by atoms with van der Waals surface area (Å²) < 4.78 is 0. The number of nitrogens with zero attached hydrogens (tertiary/aromatic N) is 1. The van der Waals surface area contributed by atoms with Crippen molar-refractivity contribution in [3.8, 4) is 0 Å². The first-order valence-corrected chi connectivity index (χ1v) is 0.855. The minimum atomic E-state index is -2.08. The summed E-state index contributed by atoms with van der Waals surface area (Å²) in [6, 6.07) is 0. The first-order valence-electron chi connectivity index (χ1n) is 0.855. The average Bonchev–Trinajstić information content (AvgIpc) is 1.41. The van der Waals surface area contributed by atoms with Gasteiger partial charge in [0.1, 0.15) is 0 Å². The molecule has 0 rings (SSSR count). The van der Waals surface area contributed by atoms with Crippen molar-refractivity contribution in [2.75, 3.05) is 0 Å². The Bertz CT molecular complexity index is 66.0. The Hall–Kier alpha value is 4.40. The Morgan fingerprint density at radius 2 is 1.30 bits per heavy atom. The first kappa shape index (κ1) is 36.6. The molecule has 0 aromatic carbocycles. The van der Waals surface area contributed by atoms with Gasteiger partial charge >= 0.3 is 154 Å². The zero-order chi connectivity index (χ0) is 5.58. The zero-order valence-corrected chi connectivity index (χ0v) is 17.6. The number of rotatable bonds is 0. The van der Waals surface area contributed by atoms with E-state index in [9.17, 15) is 0 Å². The largest absolute Gasteiger partial charge is 1.00 e. The van der Waals surface area contributed by atoms with Gasteiger partial charge in [0.05, 0.1) is 0 Å². The van der Waals surface area contributed by atoms with Crippen LogP contribution in [0.4, 0.5) is 4.79 Å². The van der Waals surface area contributed by atoms with Crippen LogP contribution in [0.15, 0.2) is 0 Å². The standard InChI is InChI=1S/CN.CH2O3.HI.3K/c1-2;2-1(3)4;;;;/h;(H2,2,3,4);1H;;;/q-1;;;3*+1/p-2. The Labute approximate surface area is 204 Å². The fourth-order valence-electron chi connectivity index (χ4n) is 0. The summed E-state index contributed by atoms with van der Waals surface area (Å²) in [6.07, 6.45) is -2.08. The van der Waals surface area contributed by atoms with Gasteiger partial charge in [0.2, 0.25) is 6.16 Å². The summed E-state index contributed by atoms with van der Waals surface area (Å²) in [5.41, 5.74) is 0. The summed E-state index contributed by atoms with van der Waals surface area (Å²) in [7, 11) is 0. The number of hydrogen-bond donors (Lipinski definition) is 1. The molecule has 0 heterocycles. The van der Waals surface area contributed by atoms with Crippen LogP contribution in [0.2, 0.25) is 0 Å². The second kappa shape index (κ2) is 37.6. The van der Waals surface area contributed by atoms with Crippen LogP contribution < -0.4 is 183 Å². The fourth-order valence-corrected chi connectivity index (χ4v) is 0. The van der Waals surface area contributed by atoms with Crippen LogP contribution >= 0.6 is 0 Å². The van der Waals surface area contributed by atoms with Crippen LogP contribution in [0.25, 0.3) is 0 Å². The summed E-state index contributed by atoms with van der Waals surface area (Å²) in [6.45, 7) is 4.75. The topological polar surface area (TPSA) is 84.2 Å². The molecule has 10 heavy (non-hydrogen) atoms. The van der Waals surface area contributed by atoms with E-state index in [0.29, 0.717) is 0 Å². The van der Waals surface area contributed by atoms with E-state index in [4.69, 9.17) is 26.8 Å². The van der Waals surface area contributed by atoms with Crippen LogP contribution in [0.3, 0.4) is 0 Å². The van der Waals surface area contributed by atoms with E-state index in [-0.39, 0.29) is 178 Å². The van der Waals surface area contributed by atoms with Crippen LogP contribution in [0.5, 0.6) is 0 Å². The van der Waals surface area contributed by atoms with E-state index in [0.717, 1.165) is 0 Å². The number of halogens is 1. The molecule has 0 saturated carbocycles. The monoisotopic (exact) mass is 331 g/mol. The minimum Gasteiger partial charge on any atom is -1.00 e. The van der Waals surface area contributed by atoms with Crippen molar-refractivity contribution < 1.29 is 193 Å². The molecule has 0 fully saturated rings. The smallest absolute Gasteiger partial charge is 1.00 e. The number of carbonyl (C=O) groups is 1. The van der Waals surface area contributed by atoms with Gasteiger partial charge in [0.25, 0.3) is 0 Å². The van der Waals surface area contributed by atoms with Crippen LogP contribution in [0.1, 0.15) is 0 Å². The van der Waals surface area contributed by atoms with Gasteiger partial charge in [-0.05, 0) is 0 Å². The van der Waals surface area contributed by atoms with Crippen molar-refractivity contribution in [3.63, 3.8) is 0 Å². The van der Waals surface area contributed by atoms with E-state index in [2.05, 4.69) is 0 Å². The average molecular weight is 331 g/mol. The molecule has 0 spiro atoms. The first-order chi connectivity index (χ1) is 2.73. The zero-order valence-electron chi connectivity index (χ0n) is 6.09. The van der Waals surface area contributed by atoms with Gasteiger partial charge in [0, 0.05) is 0 Å². The maximum Gasteiger partial charge on any atom is 1.00 e. The maximum atomic E-state index is 8.44. The van der Waals surface area contributed by atoms with E-state index in [1.165, 1.54) is 0 Å². The van der Waals surface area contributed by atoms with E-state index < -0.39 is 6.16 Å². The molecule has 0 aliphatic carbocycles. The summed E-state index contributed by atoms with van der Waals surface area (Å²) in [5, 5.41) is 21.6. The molecule has 8 heteroatoms. The molecule has 1 N–H and O–H groups in total. The van der Waals surface area contributed by atoms with Crippen molar-refractivity contribution in [3.05, 3.63) is 6.57 Å². The van der Waals surface area contributed by atoms with Crippen LogP contribution in [-0.2, 0) is 0 Å². The molecule has 42 valence electrons. The third-order valence-electron chi connectivity index (χ3n) is 0. The van der Waals surface area contributed by atoms with E-state index in [1.807, 2.05) is 0 Å². The molecule has 0 aliphatic rings. The fraction of sp³-hybridized carbons (Fsp3) is 0. The second-order valence-electron chi connectivity index (χ2n) is 0.266. The van der Waals surface area contributed by atoms with Gasteiger partial charge in [-0.1, -0.05) is 0 Å². The van der Waals surface area contributed by atoms with Gasteiger partial charge in [0.15, 0.2) is 0 Å². The van der Waals surface area contributed by atoms with Gasteiger partial charge in [-0.15, -0.1) is 0 Å². The quantitative estimate of drug-likeness (QED) is 0.271. The maximum absolute atomic E-state index is 8.44. The van der Waals surface area contributed by atoms with Gasteiger partial charge in [-0.2, -0.15) is 0 Å². The molecule has 0 aromatic heterocycles. The molecule has 0 aliphatic heterocycles. The predicted octanol–water partition coefficient (Wildman–Crippen LogP) is -13.0. The van der Waals surface area contributed by atoms with Crippen molar-refractivity contribution in [2.24, 2.45) is 0 Å². The number of hydrogen-bond acceptors (Lipinski definition) is 3. The Morgan fingerprint density at radius 1 is 1.30 bits per heavy atom. The molecular formula is C2HIK3NO3. The van der Waals surface area contributed by atoms with Gasteiger partial charge in [-0.25, -0.2) is 0 Å². The third kappa shape index (κ3) is 83.3. The SMILES string of the molecule is O=C([O-])O.[C-]#N.[I-].[K+].[K+].[K+]. The predicted molar refractivity (Wildman–Crippen MR) is 13.0 cm³/mol. The van der Waals surface area contributed by atoms with Crippen molar-refractivity contribution in [1.29, 1.82) is 5.26 Å². The second-order valence-corrected chi connectivity index (χ2v) is 0.266. The van der Waals surface area contributed by atoms with Crippen LogP contribution in [-0.4, -0.2) is 11.3 Å². The molecule has 0 unspecified atom stereocenters. The molecule has 0 amide bonds. The molecule has 4 nitrogen and oxygen atoms in total. The molecule has 0 bridgehead atoms. The summed E-state index contributed by atoms with van der Waals surface area (Å²) in [5.74, 6) is 0. The molecule has 0 atom stereocenters. The molecule has 0 saturated heterocycles. The Balaban J connectivity index is -0.00000000625. The number of carboxylic acid groups (broad SMARTS) is 2. The van der Waals surface area contributed by atoms with Crippen LogP contribution in [0, 0.1) is 11.8 Å². The molecule has 0 aromatic rings. The summed E-state index contributed by atoms with van der Waals surface area (Å²) >= 11 is 0. The van der Waals surface area contributed by atoms with E-state index >= 15 is 0 Å².